The molecule has 0 saturated heterocycles. The number of aryl methyl sites for hydroxylation is 2. The van der Waals surface area contributed by atoms with Crippen molar-refractivity contribution in [2.45, 2.75) is 27.7 Å². The summed E-state index contributed by atoms with van der Waals surface area (Å²) in [6.45, 7) is 7.70. The zero-order valence-electron chi connectivity index (χ0n) is 18.6. The van der Waals surface area contributed by atoms with Gasteiger partial charge in [-0.3, -0.25) is 9.59 Å². The van der Waals surface area contributed by atoms with Gasteiger partial charge in [-0.2, -0.15) is 0 Å². The van der Waals surface area contributed by atoms with Crippen LogP contribution in [-0.4, -0.2) is 21.7 Å². The Labute approximate surface area is 187 Å². The Morgan fingerprint density at radius 1 is 0.844 bits per heavy atom. The van der Waals surface area contributed by atoms with Gasteiger partial charge in [0.1, 0.15) is 5.82 Å². The third-order valence-electron chi connectivity index (χ3n) is 5.80. The van der Waals surface area contributed by atoms with Gasteiger partial charge in [-0.1, -0.05) is 36.4 Å². The fourth-order valence-electron chi connectivity index (χ4n) is 3.48. The van der Waals surface area contributed by atoms with E-state index in [4.69, 9.17) is 0 Å². The van der Waals surface area contributed by atoms with Crippen molar-refractivity contribution < 1.29 is 9.59 Å². The zero-order valence-corrected chi connectivity index (χ0v) is 18.6. The molecule has 0 spiro atoms. The molecule has 0 unspecified atom stereocenters. The molecular formula is C27H25N3O2. The zero-order chi connectivity index (χ0) is 22.8. The number of aromatic nitrogens is 2. The Bertz CT molecular complexity index is 1360. The highest BCUT2D eigenvalue weighted by atomic mass is 16.1. The van der Waals surface area contributed by atoms with Crippen LogP contribution in [0.25, 0.3) is 16.6 Å². The van der Waals surface area contributed by atoms with Crippen LogP contribution in [0.1, 0.15) is 46.7 Å². The number of fused-ring (bicyclic) bond motifs is 1. The van der Waals surface area contributed by atoms with Gasteiger partial charge in [0.15, 0.2) is 5.78 Å². The van der Waals surface area contributed by atoms with E-state index >= 15 is 0 Å². The fraction of sp³-hybridized carbons (Fsp3) is 0.148. The quantitative estimate of drug-likeness (QED) is 0.313. The maximum Gasteiger partial charge on any atom is 0.251 e. The molecule has 1 heterocycles. The van der Waals surface area contributed by atoms with E-state index in [0.717, 1.165) is 27.9 Å². The number of benzene rings is 3. The first-order valence-corrected chi connectivity index (χ1v) is 10.5. The third-order valence-corrected chi connectivity index (χ3v) is 5.80. The highest BCUT2D eigenvalue weighted by Crippen LogP contribution is 2.23. The van der Waals surface area contributed by atoms with E-state index in [1.807, 2.05) is 63.2 Å². The van der Waals surface area contributed by atoms with Gasteiger partial charge in [0.2, 0.25) is 0 Å². The van der Waals surface area contributed by atoms with Gasteiger partial charge in [0.05, 0.1) is 11.0 Å². The van der Waals surface area contributed by atoms with Crippen LogP contribution in [-0.2, 0) is 4.79 Å². The number of carbonyl (C=O) groups is 2. The van der Waals surface area contributed by atoms with Gasteiger partial charge in [0.25, 0.3) is 5.91 Å². The lowest BCUT2D eigenvalue weighted by atomic mass is 10.0. The number of carbonyl (C=O) groups excluding carboxylic acids is 2. The minimum Gasteiger partial charge on any atom is -0.338 e. The predicted molar refractivity (Wildman–Crippen MR) is 129 cm³/mol. The first kappa shape index (κ1) is 21.2. The average Bonchev–Trinajstić information content (AvgIpc) is 3.24. The Hall–Kier alpha value is -3.99. The van der Waals surface area contributed by atoms with Crippen molar-refractivity contribution in [1.82, 2.24) is 9.97 Å². The van der Waals surface area contributed by atoms with Gasteiger partial charge < -0.3 is 10.3 Å². The maximum atomic E-state index is 12.8. The van der Waals surface area contributed by atoms with Crippen LogP contribution in [0, 0.1) is 13.8 Å². The van der Waals surface area contributed by atoms with Crippen LogP contribution in [0.5, 0.6) is 0 Å². The second kappa shape index (κ2) is 8.63. The lowest BCUT2D eigenvalue weighted by molar-refractivity contribution is -0.112. The summed E-state index contributed by atoms with van der Waals surface area (Å²) in [4.78, 5) is 33.4. The number of nitrogens with one attached hydrogen (secondary N) is 2. The molecule has 4 aromatic rings. The number of ketones is 1. The Kier molecular flexibility index (Phi) is 5.73. The number of amides is 1. The molecule has 0 atom stereocenters. The molecule has 5 heteroatoms. The monoisotopic (exact) mass is 423 g/mol. The molecule has 0 aliphatic heterocycles. The number of hydrogen-bond acceptors (Lipinski definition) is 3. The van der Waals surface area contributed by atoms with Gasteiger partial charge in [-0.15, -0.1) is 0 Å². The second-order valence-corrected chi connectivity index (χ2v) is 8.02. The van der Waals surface area contributed by atoms with Crippen LogP contribution in [0.2, 0.25) is 0 Å². The number of anilines is 1. The summed E-state index contributed by atoms with van der Waals surface area (Å²) < 4.78 is 0. The van der Waals surface area contributed by atoms with E-state index in [2.05, 4.69) is 15.3 Å². The first-order valence-electron chi connectivity index (χ1n) is 10.5. The maximum absolute atomic E-state index is 12.8. The summed E-state index contributed by atoms with van der Waals surface area (Å²) in [6, 6.07) is 20.4. The van der Waals surface area contributed by atoms with Crippen molar-refractivity contribution in [2.75, 3.05) is 5.32 Å². The molecule has 0 bridgehead atoms. The normalized spacial score (nSPS) is 11.9. The molecule has 0 radical (unpaired) electrons. The molecule has 2 N–H and O–H groups in total. The average molecular weight is 424 g/mol. The van der Waals surface area contributed by atoms with Crippen molar-refractivity contribution in [2.24, 2.45) is 0 Å². The largest absolute Gasteiger partial charge is 0.338 e. The van der Waals surface area contributed by atoms with Crippen LogP contribution in [0.3, 0.4) is 0 Å². The molecule has 0 aliphatic carbocycles. The second-order valence-electron chi connectivity index (χ2n) is 8.02. The SMILES string of the molecule is C/C(C(=O)Nc1ccc(C)c(C)c1)=C(/C)c1nc2ccc(C(=O)c3ccccc3)cc2[nH]1. The number of imidazole rings is 1. The molecule has 4 rings (SSSR count). The van der Waals surface area contributed by atoms with Crippen LogP contribution < -0.4 is 5.32 Å². The molecule has 3 aromatic carbocycles. The van der Waals surface area contributed by atoms with Crippen molar-refractivity contribution in [3.05, 3.63) is 100 Å². The van der Waals surface area contributed by atoms with Crippen molar-refractivity contribution in [3.63, 3.8) is 0 Å². The van der Waals surface area contributed by atoms with E-state index in [-0.39, 0.29) is 11.7 Å². The number of H-pyrrole nitrogens is 1. The van der Waals surface area contributed by atoms with E-state index in [1.165, 1.54) is 5.56 Å². The van der Waals surface area contributed by atoms with Crippen molar-refractivity contribution >= 4 is 34.0 Å². The van der Waals surface area contributed by atoms with Crippen LogP contribution >= 0.6 is 0 Å². The summed E-state index contributed by atoms with van der Waals surface area (Å²) in [5.41, 5.74) is 7.11. The third kappa shape index (κ3) is 4.23. The number of allylic oxidation sites excluding steroid dienone is 1. The Morgan fingerprint density at radius 2 is 1.59 bits per heavy atom. The van der Waals surface area contributed by atoms with E-state index in [1.54, 1.807) is 31.2 Å². The van der Waals surface area contributed by atoms with E-state index in [0.29, 0.717) is 22.5 Å². The van der Waals surface area contributed by atoms with Gasteiger partial charge in [0, 0.05) is 28.0 Å². The van der Waals surface area contributed by atoms with Crippen LogP contribution in [0.4, 0.5) is 5.69 Å². The lowest BCUT2D eigenvalue weighted by Gasteiger charge is -2.09. The summed E-state index contributed by atoms with van der Waals surface area (Å²) in [5.74, 6) is 0.392. The molecule has 5 nitrogen and oxygen atoms in total. The fourth-order valence-corrected chi connectivity index (χ4v) is 3.48. The van der Waals surface area contributed by atoms with Crippen molar-refractivity contribution in [1.29, 1.82) is 0 Å². The molecule has 32 heavy (non-hydrogen) atoms. The van der Waals surface area contributed by atoms with Gasteiger partial charge in [-0.05, 0) is 69.2 Å². The molecule has 160 valence electrons. The summed E-state index contributed by atoms with van der Waals surface area (Å²) >= 11 is 0. The van der Waals surface area contributed by atoms with Gasteiger partial charge >= 0.3 is 0 Å². The Balaban J connectivity index is 1.60. The molecule has 0 fully saturated rings. The number of hydrogen-bond donors (Lipinski definition) is 2. The molecule has 0 saturated carbocycles. The highest BCUT2D eigenvalue weighted by molar-refractivity contribution is 6.10. The first-order chi connectivity index (χ1) is 15.3. The molecule has 1 aromatic heterocycles. The minimum atomic E-state index is -0.175. The summed E-state index contributed by atoms with van der Waals surface area (Å²) in [6.07, 6.45) is 0. The summed E-state index contributed by atoms with van der Waals surface area (Å²) in [5, 5.41) is 2.95. The number of aromatic amines is 1. The van der Waals surface area contributed by atoms with Crippen molar-refractivity contribution in [3.8, 4) is 0 Å². The standard InChI is InChI=1S/C27H25N3O2/c1-16-10-12-22(14-17(16)2)28-27(32)19(4)18(3)26-29-23-13-11-21(15-24(23)30-26)25(31)20-8-6-5-7-9-20/h5-15H,1-4H3,(H,28,32)(H,29,30)/b19-18+. The minimum absolute atomic E-state index is 0.0418. The van der Waals surface area contributed by atoms with E-state index in [9.17, 15) is 9.59 Å². The number of rotatable bonds is 5. The predicted octanol–water partition coefficient (Wildman–Crippen LogP) is 5.84. The highest BCUT2D eigenvalue weighted by Gasteiger charge is 2.15. The van der Waals surface area contributed by atoms with Crippen LogP contribution in [0.15, 0.2) is 72.3 Å². The topological polar surface area (TPSA) is 74.8 Å². The summed E-state index contributed by atoms with van der Waals surface area (Å²) in [7, 11) is 0. The van der Waals surface area contributed by atoms with E-state index < -0.39 is 0 Å². The molecule has 0 aliphatic rings. The molecule has 1 amide bonds. The molecular weight excluding hydrogens is 398 g/mol. The van der Waals surface area contributed by atoms with Gasteiger partial charge in [-0.25, -0.2) is 4.98 Å². The Morgan fingerprint density at radius 3 is 2.31 bits per heavy atom. The lowest BCUT2D eigenvalue weighted by Crippen LogP contribution is -2.14. The smallest absolute Gasteiger partial charge is 0.251 e. The number of nitrogens with zero attached hydrogens (tertiary/aromatic N) is 1.